The zero-order valence-electron chi connectivity index (χ0n) is 9.77. The fraction of sp³-hybridized carbons (Fsp3) is 0.143. The summed E-state index contributed by atoms with van der Waals surface area (Å²) < 4.78 is 33.9. The molecule has 0 saturated heterocycles. The monoisotopic (exact) mass is 250 g/mol. The molecule has 0 heterocycles. The van der Waals surface area contributed by atoms with E-state index in [1.807, 2.05) is 30.3 Å². The Morgan fingerprint density at radius 2 is 1.39 bits per heavy atom. The highest BCUT2D eigenvalue weighted by Crippen LogP contribution is 2.25. The van der Waals surface area contributed by atoms with Crippen molar-refractivity contribution in [2.45, 2.75) is 6.29 Å². The average Bonchev–Trinajstić information content (AvgIpc) is 2.40. The normalized spacial score (nSPS) is 11.3. The van der Waals surface area contributed by atoms with Gasteiger partial charge in [0.05, 0.1) is 0 Å². The lowest BCUT2D eigenvalue weighted by atomic mass is 10.1. The zero-order chi connectivity index (χ0) is 13.0. The molecule has 0 bridgehead atoms. The number of methoxy groups -OCH3 is 1. The number of hydrogen-bond acceptors (Lipinski definition) is 2. The van der Waals surface area contributed by atoms with E-state index in [1.165, 1.54) is 12.1 Å². The van der Waals surface area contributed by atoms with Gasteiger partial charge < -0.3 is 4.74 Å². The summed E-state index contributed by atoms with van der Waals surface area (Å²) in [5.74, 6) is 0.0570. The van der Waals surface area contributed by atoms with E-state index >= 15 is 0 Å². The molecule has 0 aliphatic rings. The van der Waals surface area contributed by atoms with Gasteiger partial charge in [0.2, 0.25) is 0 Å². The van der Waals surface area contributed by atoms with E-state index < -0.39 is 6.29 Å². The Bertz CT molecular complexity index is 495. The third-order valence-corrected chi connectivity index (χ3v) is 2.44. The van der Waals surface area contributed by atoms with Gasteiger partial charge in [-0.3, -0.25) is 4.74 Å². The second kappa shape index (κ2) is 5.14. The van der Waals surface area contributed by atoms with Crippen LogP contribution in [0, 0.1) is 0 Å². The Labute approximate surface area is 104 Å². The minimum atomic E-state index is -3.60. The van der Waals surface area contributed by atoms with Gasteiger partial charge in [0, 0.05) is 7.11 Å². The van der Waals surface area contributed by atoms with Crippen molar-refractivity contribution in [3.05, 3.63) is 54.6 Å². The fourth-order valence-electron chi connectivity index (χ4n) is 1.52. The topological polar surface area (TPSA) is 18.5 Å². The molecule has 94 valence electrons. The van der Waals surface area contributed by atoms with Gasteiger partial charge in [0.1, 0.15) is 5.75 Å². The van der Waals surface area contributed by atoms with Crippen LogP contribution < -0.4 is 4.74 Å². The first-order chi connectivity index (χ1) is 8.61. The zero-order valence-corrected chi connectivity index (χ0v) is 9.77. The van der Waals surface area contributed by atoms with Gasteiger partial charge in [-0.1, -0.05) is 42.5 Å². The Kier molecular flexibility index (Phi) is 3.58. The maximum absolute atomic E-state index is 12.8. The summed E-state index contributed by atoms with van der Waals surface area (Å²) >= 11 is 0. The summed E-state index contributed by atoms with van der Waals surface area (Å²) in [7, 11) is 0.887. The van der Waals surface area contributed by atoms with Crippen molar-refractivity contribution in [3.8, 4) is 16.9 Å². The number of benzene rings is 2. The Balaban J connectivity index is 2.16. The van der Waals surface area contributed by atoms with E-state index in [-0.39, 0.29) is 5.75 Å². The molecule has 0 radical (unpaired) electrons. The van der Waals surface area contributed by atoms with Crippen molar-refractivity contribution in [2.24, 2.45) is 0 Å². The first-order valence-electron chi connectivity index (χ1n) is 5.38. The van der Waals surface area contributed by atoms with E-state index in [2.05, 4.69) is 9.47 Å². The Hall–Kier alpha value is -1.94. The molecule has 2 aromatic carbocycles. The summed E-state index contributed by atoms with van der Waals surface area (Å²) in [5.41, 5.74) is 1.95. The molecule has 2 aromatic rings. The van der Waals surface area contributed by atoms with Crippen LogP contribution in [0.5, 0.6) is 5.75 Å². The molecule has 0 atom stereocenters. The summed E-state index contributed by atoms with van der Waals surface area (Å²) in [5, 5.41) is 0. The van der Waals surface area contributed by atoms with Gasteiger partial charge >= 0.3 is 6.29 Å². The quantitative estimate of drug-likeness (QED) is 0.765. The number of halogens is 2. The van der Waals surface area contributed by atoms with Gasteiger partial charge in [0.15, 0.2) is 0 Å². The standard InChI is InChI=1S/C14H12F2O2/c1-17-14(15,16)18-13-9-7-12(8-10-13)11-5-3-2-4-6-11/h2-10H,1H3. The van der Waals surface area contributed by atoms with E-state index in [0.717, 1.165) is 18.2 Å². The third kappa shape index (κ3) is 3.05. The minimum Gasteiger partial charge on any atom is -0.409 e. The summed E-state index contributed by atoms with van der Waals surface area (Å²) in [6.45, 7) is 0. The number of hydrogen-bond donors (Lipinski definition) is 0. The van der Waals surface area contributed by atoms with Crippen molar-refractivity contribution >= 4 is 0 Å². The van der Waals surface area contributed by atoms with Crippen LogP contribution >= 0.6 is 0 Å². The minimum absolute atomic E-state index is 0.0570. The summed E-state index contributed by atoms with van der Waals surface area (Å²) in [6.07, 6.45) is -3.60. The predicted octanol–water partition coefficient (Wildman–Crippen LogP) is 3.93. The molecular weight excluding hydrogens is 238 g/mol. The molecule has 0 spiro atoms. The van der Waals surface area contributed by atoms with Crippen molar-refractivity contribution in [2.75, 3.05) is 7.11 Å². The molecule has 2 nitrogen and oxygen atoms in total. The fourth-order valence-corrected chi connectivity index (χ4v) is 1.52. The van der Waals surface area contributed by atoms with Crippen LogP contribution in [-0.4, -0.2) is 13.4 Å². The van der Waals surface area contributed by atoms with Crippen LogP contribution in [-0.2, 0) is 4.74 Å². The lowest BCUT2D eigenvalue weighted by Gasteiger charge is -2.15. The molecule has 0 amide bonds. The van der Waals surface area contributed by atoms with Gasteiger partial charge in [-0.2, -0.15) is 0 Å². The maximum atomic E-state index is 12.8. The van der Waals surface area contributed by atoms with Crippen LogP contribution in [0.15, 0.2) is 54.6 Å². The van der Waals surface area contributed by atoms with Gasteiger partial charge in [-0.15, -0.1) is 8.78 Å². The molecule has 0 unspecified atom stereocenters. The maximum Gasteiger partial charge on any atom is 0.535 e. The van der Waals surface area contributed by atoms with Crippen LogP contribution in [0.4, 0.5) is 8.78 Å². The van der Waals surface area contributed by atoms with E-state index in [4.69, 9.17) is 0 Å². The molecule has 18 heavy (non-hydrogen) atoms. The Morgan fingerprint density at radius 3 is 1.94 bits per heavy atom. The summed E-state index contributed by atoms with van der Waals surface area (Å²) in [6, 6.07) is 16.0. The van der Waals surface area contributed by atoms with Gasteiger partial charge in [0.25, 0.3) is 0 Å². The SMILES string of the molecule is COC(F)(F)Oc1ccc(-c2ccccc2)cc1. The van der Waals surface area contributed by atoms with Crippen molar-refractivity contribution in [1.29, 1.82) is 0 Å². The predicted molar refractivity (Wildman–Crippen MR) is 64.5 cm³/mol. The average molecular weight is 250 g/mol. The molecular formula is C14H12F2O2. The molecule has 2 rings (SSSR count). The highest BCUT2D eigenvalue weighted by atomic mass is 19.3. The van der Waals surface area contributed by atoms with E-state index in [0.29, 0.717) is 0 Å². The van der Waals surface area contributed by atoms with Crippen molar-refractivity contribution in [1.82, 2.24) is 0 Å². The summed E-state index contributed by atoms with van der Waals surface area (Å²) in [4.78, 5) is 0. The largest absolute Gasteiger partial charge is 0.535 e. The highest BCUT2D eigenvalue weighted by Gasteiger charge is 2.31. The van der Waals surface area contributed by atoms with E-state index in [9.17, 15) is 8.78 Å². The molecule has 0 fully saturated rings. The highest BCUT2D eigenvalue weighted by molar-refractivity contribution is 5.63. The van der Waals surface area contributed by atoms with Crippen LogP contribution in [0.25, 0.3) is 11.1 Å². The molecule has 0 aliphatic carbocycles. The first-order valence-corrected chi connectivity index (χ1v) is 5.38. The van der Waals surface area contributed by atoms with Crippen molar-refractivity contribution < 1.29 is 18.3 Å². The second-order valence-electron chi connectivity index (χ2n) is 3.66. The van der Waals surface area contributed by atoms with Gasteiger partial charge in [-0.05, 0) is 23.3 Å². The lowest BCUT2D eigenvalue weighted by Crippen LogP contribution is -2.26. The smallest absolute Gasteiger partial charge is 0.409 e. The number of rotatable bonds is 4. The number of ether oxygens (including phenoxy) is 2. The second-order valence-corrected chi connectivity index (χ2v) is 3.66. The molecule has 0 saturated carbocycles. The molecule has 0 aliphatic heterocycles. The molecule has 0 N–H and O–H groups in total. The van der Waals surface area contributed by atoms with Crippen LogP contribution in [0.2, 0.25) is 0 Å². The van der Waals surface area contributed by atoms with Crippen LogP contribution in [0.3, 0.4) is 0 Å². The van der Waals surface area contributed by atoms with Crippen molar-refractivity contribution in [3.63, 3.8) is 0 Å². The lowest BCUT2D eigenvalue weighted by molar-refractivity contribution is -0.342. The van der Waals surface area contributed by atoms with E-state index in [1.54, 1.807) is 12.1 Å². The Morgan fingerprint density at radius 1 is 0.833 bits per heavy atom. The van der Waals surface area contributed by atoms with Crippen LogP contribution in [0.1, 0.15) is 0 Å². The number of alkyl halides is 2. The van der Waals surface area contributed by atoms with Gasteiger partial charge in [-0.25, -0.2) is 0 Å². The first kappa shape index (κ1) is 12.5. The third-order valence-electron chi connectivity index (χ3n) is 2.44. The molecule has 4 heteroatoms. The molecule has 0 aromatic heterocycles.